The van der Waals surface area contributed by atoms with Crippen molar-refractivity contribution in [2.45, 2.75) is 38.8 Å². The average Bonchev–Trinajstić information content (AvgIpc) is 3.02. The number of aliphatic imine (C=N–C) groups is 1. The van der Waals surface area contributed by atoms with Gasteiger partial charge in [-0.05, 0) is 52.9 Å². The highest BCUT2D eigenvalue weighted by atomic mass is 127. The van der Waals surface area contributed by atoms with Crippen LogP contribution in [0.5, 0.6) is 0 Å². The van der Waals surface area contributed by atoms with Crippen LogP contribution in [0.1, 0.15) is 36.8 Å². The van der Waals surface area contributed by atoms with E-state index in [1.165, 1.54) is 36.8 Å². The summed E-state index contributed by atoms with van der Waals surface area (Å²) >= 11 is 1.71. The second-order valence-electron chi connectivity index (χ2n) is 6.33. The molecular weight excluding hydrogens is 457 g/mol. The minimum absolute atomic E-state index is 0. The van der Waals surface area contributed by atoms with Crippen molar-refractivity contribution in [2.75, 3.05) is 25.0 Å². The van der Waals surface area contributed by atoms with E-state index in [9.17, 15) is 0 Å². The summed E-state index contributed by atoms with van der Waals surface area (Å²) in [6.45, 7) is 3.77. The van der Waals surface area contributed by atoms with E-state index in [2.05, 4.69) is 54.5 Å². The number of hydrogen-bond donors (Lipinski definition) is 2. The van der Waals surface area contributed by atoms with Crippen LogP contribution in [0, 0.1) is 0 Å². The van der Waals surface area contributed by atoms with Gasteiger partial charge in [-0.25, -0.2) is 4.98 Å². The molecule has 0 atom stereocenters. The topological polar surface area (TPSA) is 52.6 Å². The third kappa shape index (κ3) is 6.42. The van der Waals surface area contributed by atoms with Gasteiger partial charge in [0.2, 0.25) is 0 Å². The predicted octanol–water partition coefficient (Wildman–Crippen LogP) is 4.01. The van der Waals surface area contributed by atoms with Crippen molar-refractivity contribution in [1.29, 1.82) is 0 Å². The molecule has 26 heavy (non-hydrogen) atoms. The number of halogens is 1. The largest absolute Gasteiger partial charge is 0.357 e. The van der Waals surface area contributed by atoms with E-state index in [-0.39, 0.29) is 24.0 Å². The van der Waals surface area contributed by atoms with Gasteiger partial charge in [0.15, 0.2) is 5.96 Å². The molecular formula is C19H28IN5S. The highest BCUT2D eigenvalue weighted by molar-refractivity contribution is 14.0. The molecule has 0 aliphatic carbocycles. The van der Waals surface area contributed by atoms with Crippen LogP contribution in [-0.4, -0.2) is 31.1 Å². The molecule has 0 radical (unpaired) electrons. The maximum Gasteiger partial charge on any atom is 0.191 e. The summed E-state index contributed by atoms with van der Waals surface area (Å²) in [5.41, 5.74) is 2.51. The van der Waals surface area contributed by atoms with Gasteiger partial charge in [0, 0.05) is 39.4 Å². The molecule has 0 unspecified atom stereocenters. The Hall–Kier alpha value is -1.35. The molecule has 1 saturated heterocycles. The van der Waals surface area contributed by atoms with Gasteiger partial charge in [-0.3, -0.25) is 4.99 Å². The summed E-state index contributed by atoms with van der Waals surface area (Å²) in [6, 6.07) is 6.40. The number of pyridine rings is 1. The predicted molar refractivity (Wildman–Crippen MR) is 122 cm³/mol. The van der Waals surface area contributed by atoms with Crippen LogP contribution in [0.25, 0.3) is 0 Å². The van der Waals surface area contributed by atoms with Crippen LogP contribution >= 0.6 is 35.3 Å². The number of rotatable bonds is 5. The second kappa shape index (κ2) is 11.4. The smallest absolute Gasteiger partial charge is 0.191 e. The zero-order valence-electron chi connectivity index (χ0n) is 15.3. The van der Waals surface area contributed by atoms with Crippen LogP contribution in [0.3, 0.4) is 0 Å². The fourth-order valence-electron chi connectivity index (χ4n) is 3.03. The number of hydrogen-bond acceptors (Lipinski definition) is 4. The molecule has 2 N–H and O–H groups in total. The lowest BCUT2D eigenvalue weighted by Crippen LogP contribution is -2.36. The summed E-state index contributed by atoms with van der Waals surface area (Å²) in [5, 5.41) is 11.0. The molecule has 142 valence electrons. The number of guanidine groups is 1. The molecule has 5 nitrogen and oxygen atoms in total. The van der Waals surface area contributed by atoms with Gasteiger partial charge in [0.25, 0.3) is 0 Å². The molecule has 0 spiro atoms. The van der Waals surface area contributed by atoms with E-state index in [0.29, 0.717) is 0 Å². The summed E-state index contributed by atoms with van der Waals surface area (Å²) in [6.07, 6.45) is 7.12. The minimum atomic E-state index is 0. The molecule has 1 aliphatic rings. The fourth-order valence-corrected chi connectivity index (χ4v) is 3.70. The summed E-state index contributed by atoms with van der Waals surface area (Å²) in [7, 11) is 1.80. The van der Waals surface area contributed by atoms with Crippen LogP contribution in [-0.2, 0) is 13.1 Å². The first-order valence-corrected chi connectivity index (χ1v) is 9.95. The van der Waals surface area contributed by atoms with E-state index in [4.69, 9.17) is 0 Å². The van der Waals surface area contributed by atoms with Crippen molar-refractivity contribution in [3.05, 3.63) is 46.3 Å². The lowest BCUT2D eigenvalue weighted by atomic mass is 10.2. The van der Waals surface area contributed by atoms with E-state index in [1.54, 1.807) is 18.4 Å². The zero-order valence-corrected chi connectivity index (χ0v) is 18.4. The number of anilines is 1. The van der Waals surface area contributed by atoms with Gasteiger partial charge in [0.1, 0.15) is 5.82 Å². The molecule has 1 aliphatic heterocycles. The molecule has 3 heterocycles. The molecule has 0 amide bonds. The van der Waals surface area contributed by atoms with Gasteiger partial charge in [-0.15, -0.1) is 24.0 Å². The Morgan fingerprint density at radius 1 is 1.12 bits per heavy atom. The summed E-state index contributed by atoms with van der Waals surface area (Å²) in [4.78, 5) is 11.3. The quantitative estimate of drug-likeness (QED) is 0.382. The maximum absolute atomic E-state index is 4.58. The first-order valence-electron chi connectivity index (χ1n) is 9.00. The molecule has 2 aromatic heterocycles. The Labute approximate surface area is 177 Å². The Morgan fingerprint density at radius 3 is 2.50 bits per heavy atom. The normalized spacial score (nSPS) is 15.1. The highest BCUT2D eigenvalue weighted by Gasteiger charge is 2.11. The molecule has 1 fully saturated rings. The summed E-state index contributed by atoms with van der Waals surface area (Å²) in [5.74, 6) is 1.92. The van der Waals surface area contributed by atoms with Crippen molar-refractivity contribution < 1.29 is 0 Å². The SMILES string of the molecule is CN=C(NCc1ccsc1)NCc1ccnc(N2CCCCCC2)c1.I. The number of thiophene rings is 1. The van der Waals surface area contributed by atoms with Gasteiger partial charge in [0.05, 0.1) is 0 Å². The average molecular weight is 485 g/mol. The van der Waals surface area contributed by atoms with Gasteiger partial charge < -0.3 is 15.5 Å². The fraction of sp³-hybridized carbons (Fsp3) is 0.474. The van der Waals surface area contributed by atoms with E-state index in [1.807, 2.05) is 6.20 Å². The lowest BCUT2D eigenvalue weighted by Gasteiger charge is -2.22. The van der Waals surface area contributed by atoms with E-state index in [0.717, 1.165) is 38.0 Å². The number of aromatic nitrogens is 1. The summed E-state index contributed by atoms with van der Waals surface area (Å²) < 4.78 is 0. The Morgan fingerprint density at radius 2 is 1.85 bits per heavy atom. The number of nitrogens with one attached hydrogen (secondary N) is 2. The zero-order chi connectivity index (χ0) is 17.3. The van der Waals surface area contributed by atoms with E-state index < -0.39 is 0 Å². The van der Waals surface area contributed by atoms with E-state index >= 15 is 0 Å². The van der Waals surface area contributed by atoms with Gasteiger partial charge in [-0.1, -0.05) is 12.8 Å². The van der Waals surface area contributed by atoms with Crippen molar-refractivity contribution in [3.8, 4) is 0 Å². The maximum atomic E-state index is 4.58. The minimum Gasteiger partial charge on any atom is -0.357 e. The first-order chi connectivity index (χ1) is 12.3. The third-order valence-electron chi connectivity index (χ3n) is 4.46. The van der Waals surface area contributed by atoms with Crippen LogP contribution in [0.15, 0.2) is 40.1 Å². The van der Waals surface area contributed by atoms with Crippen LogP contribution in [0.2, 0.25) is 0 Å². The Kier molecular flexibility index (Phi) is 9.17. The lowest BCUT2D eigenvalue weighted by molar-refractivity contribution is 0.726. The Balaban J connectivity index is 0.00000243. The molecule has 2 aromatic rings. The molecule has 0 aromatic carbocycles. The van der Waals surface area contributed by atoms with Crippen LogP contribution in [0.4, 0.5) is 5.82 Å². The Bertz CT molecular complexity index is 666. The molecule has 3 rings (SSSR count). The van der Waals surface area contributed by atoms with Gasteiger partial charge >= 0.3 is 0 Å². The van der Waals surface area contributed by atoms with Crippen molar-refractivity contribution >= 4 is 47.1 Å². The van der Waals surface area contributed by atoms with Crippen molar-refractivity contribution in [1.82, 2.24) is 15.6 Å². The highest BCUT2D eigenvalue weighted by Crippen LogP contribution is 2.18. The van der Waals surface area contributed by atoms with Crippen molar-refractivity contribution in [2.24, 2.45) is 4.99 Å². The van der Waals surface area contributed by atoms with Gasteiger partial charge in [-0.2, -0.15) is 11.3 Å². The first kappa shape index (κ1) is 21.0. The van der Waals surface area contributed by atoms with Crippen LogP contribution < -0.4 is 15.5 Å². The number of nitrogens with zero attached hydrogens (tertiary/aromatic N) is 3. The molecule has 0 bridgehead atoms. The molecule has 7 heteroatoms. The van der Waals surface area contributed by atoms with Crippen molar-refractivity contribution in [3.63, 3.8) is 0 Å². The third-order valence-corrected chi connectivity index (χ3v) is 5.20. The second-order valence-corrected chi connectivity index (χ2v) is 7.11. The molecule has 0 saturated carbocycles. The standard InChI is InChI=1S/C19H27N5S.HI/c1-20-19(23-14-17-7-11-25-15-17)22-13-16-6-8-21-18(12-16)24-9-4-2-3-5-10-24;/h6-8,11-12,15H,2-5,9-10,13-14H2,1H3,(H2,20,22,23);1H. The monoisotopic (exact) mass is 485 g/mol.